The van der Waals surface area contributed by atoms with Crippen molar-refractivity contribution in [2.45, 2.75) is 24.9 Å². The maximum atomic E-state index is 12.7. The molecular weight excluding hydrogens is 390 g/mol. The zero-order chi connectivity index (χ0) is 19.8. The van der Waals surface area contributed by atoms with Crippen LogP contribution in [0.5, 0.6) is 0 Å². The Morgan fingerprint density at radius 2 is 2.07 bits per heavy atom. The molecule has 0 unspecified atom stereocenters. The molecule has 2 aliphatic rings. The van der Waals surface area contributed by atoms with E-state index in [1.165, 1.54) is 16.6 Å². The van der Waals surface area contributed by atoms with Crippen LogP contribution in [0.4, 0.5) is 0 Å². The molecule has 0 atom stereocenters. The van der Waals surface area contributed by atoms with Gasteiger partial charge in [-0.2, -0.15) is 0 Å². The molecule has 0 aliphatic carbocycles. The summed E-state index contributed by atoms with van der Waals surface area (Å²) in [6.45, 7) is 1.84. The van der Waals surface area contributed by atoms with Crippen molar-refractivity contribution < 1.29 is 9.53 Å². The van der Waals surface area contributed by atoms with Gasteiger partial charge in [0, 0.05) is 43.0 Å². The molecule has 2 aliphatic heterocycles. The van der Waals surface area contributed by atoms with Gasteiger partial charge in [-0.25, -0.2) is 4.98 Å². The molecule has 0 bridgehead atoms. The first-order chi connectivity index (χ1) is 14.1. The zero-order valence-corrected chi connectivity index (χ0v) is 16.4. The summed E-state index contributed by atoms with van der Waals surface area (Å²) in [6, 6.07) is 2.18. The summed E-state index contributed by atoms with van der Waals surface area (Å²) in [6.07, 6.45) is 10.0. The second-order valence-electron chi connectivity index (χ2n) is 7.22. The number of aromatic nitrogens is 4. The van der Waals surface area contributed by atoms with E-state index in [0.717, 1.165) is 36.0 Å². The summed E-state index contributed by atoms with van der Waals surface area (Å²) >= 11 is 1.75. The summed E-state index contributed by atoms with van der Waals surface area (Å²) in [4.78, 5) is 43.2. The van der Waals surface area contributed by atoms with Crippen LogP contribution in [0.15, 0.2) is 41.8 Å². The van der Waals surface area contributed by atoms with Gasteiger partial charge in [0.05, 0.1) is 35.2 Å². The number of ether oxygens (including phenoxy) is 1. The Morgan fingerprint density at radius 1 is 1.21 bits per heavy atom. The van der Waals surface area contributed by atoms with E-state index in [1.54, 1.807) is 34.8 Å². The van der Waals surface area contributed by atoms with Gasteiger partial charge in [0.2, 0.25) is 0 Å². The molecule has 1 N–H and O–H groups in total. The maximum Gasteiger partial charge on any atom is 0.273 e. The fourth-order valence-corrected chi connectivity index (χ4v) is 5.27. The number of piperidine rings is 1. The van der Waals surface area contributed by atoms with Gasteiger partial charge in [-0.15, -0.1) is 11.3 Å². The minimum Gasteiger partial charge on any atom is -0.370 e. The third-order valence-corrected chi connectivity index (χ3v) is 6.79. The zero-order valence-electron chi connectivity index (χ0n) is 15.6. The fourth-order valence-electron chi connectivity index (χ4n) is 4.08. The number of rotatable bonds is 2. The molecule has 1 spiro atoms. The normalized spacial score (nSPS) is 17.9. The molecule has 3 aromatic heterocycles. The highest BCUT2D eigenvalue weighted by atomic mass is 32.1. The van der Waals surface area contributed by atoms with E-state index in [2.05, 4.69) is 26.0 Å². The van der Waals surface area contributed by atoms with Gasteiger partial charge in [0.1, 0.15) is 5.69 Å². The van der Waals surface area contributed by atoms with Crippen LogP contribution >= 0.6 is 11.3 Å². The standard InChI is InChI=1S/C20H19N5O3S/c26-18-12-23-15(11-24-18)19(27)25-6-2-20(3-7-25)13-9-17(14-10-21-4-5-22-14)29-16(13)1-8-28-20/h4-5,9-12H,1-3,6-8H2,(H,24,26). The highest BCUT2D eigenvalue weighted by Gasteiger charge is 2.43. The van der Waals surface area contributed by atoms with Gasteiger partial charge in [-0.1, -0.05) is 0 Å². The van der Waals surface area contributed by atoms with Crippen molar-refractivity contribution in [3.8, 4) is 10.6 Å². The number of likely N-dealkylation sites (tertiary alicyclic amines) is 1. The first-order valence-electron chi connectivity index (χ1n) is 9.52. The van der Waals surface area contributed by atoms with Crippen molar-refractivity contribution in [1.29, 1.82) is 0 Å². The van der Waals surface area contributed by atoms with E-state index in [4.69, 9.17) is 4.74 Å². The summed E-state index contributed by atoms with van der Waals surface area (Å²) in [5.74, 6) is -0.169. The summed E-state index contributed by atoms with van der Waals surface area (Å²) < 4.78 is 6.30. The van der Waals surface area contributed by atoms with Gasteiger partial charge in [-0.3, -0.25) is 19.6 Å². The molecule has 0 aromatic carbocycles. The molecule has 29 heavy (non-hydrogen) atoms. The van der Waals surface area contributed by atoms with Crippen LogP contribution in [0.2, 0.25) is 0 Å². The number of fused-ring (bicyclic) bond motifs is 2. The molecule has 3 aromatic rings. The Balaban J connectivity index is 1.37. The van der Waals surface area contributed by atoms with Gasteiger partial charge < -0.3 is 14.6 Å². The quantitative estimate of drug-likeness (QED) is 0.695. The number of thiophene rings is 1. The van der Waals surface area contributed by atoms with Crippen LogP contribution in [-0.2, 0) is 16.8 Å². The monoisotopic (exact) mass is 409 g/mol. The first-order valence-corrected chi connectivity index (χ1v) is 10.3. The van der Waals surface area contributed by atoms with Gasteiger partial charge in [-0.05, 0) is 24.5 Å². The number of H-pyrrole nitrogens is 1. The Labute approximate surface area is 170 Å². The van der Waals surface area contributed by atoms with E-state index >= 15 is 0 Å². The second-order valence-corrected chi connectivity index (χ2v) is 8.36. The SMILES string of the molecule is O=C(c1c[nH]c(=O)cn1)N1CCC2(CC1)OCCc1sc(-c3cnccn3)cc12. The van der Waals surface area contributed by atoms with Gasteiger partial charge in [0.15, 0.2) is 0 Å². The molecule has 5 rings (SSSR count). The molecular formula is C20H19N5O3S. The summed E-state index contributed by atoms with van der Waals surface area (Å²) in [7, 11) is 0. The molecule has 1 saturated heterocycles. The molecule has 0 saturated carbocycles. The lowest BCUT2D eigenvalue weighted by Crippen LogP contribution is -2.48. The average Bonchev–Trinajstić information content (AvgIpc) is 3.21. The number of aromatic amines is 1. The van der Waals surface area contributed by atoms with Gasteiger partial charge in [0.25, 0.3) is 11.5 Å². The minimum atomic E-state index is -0.361. The van der Waals surface area contributed by atoms with Crippen LogP contribution < -0.4 is 5.56 Å². The number of carbonyl (C=O) groups is 1. The van der Waals surface area contributed by atoms with Gasteiger partial charge >= 0.3 is 0 Å². The van der Waals surface area contributed by atoms with Crippen molar-refractivity contribution >= 4 is 17.2 Å². The Bertz CT molecular complexity index is 1080. The fraction of sp³-hybridized carbons (Fsp3) is 0.350. The molecule has 8 nitrogen and oxygen atoms in total. The number of hydrogen-bond acceptors (Lipinski definition) is 7. The molecule has 9 heteroatoms. The molecule has 1 fully saturated rings. The Morgan fingerprint density at radius 3 is 2.79 bits per heavy atom. The minimum absolute atomic E-state index is 0.169. The molecule has 0 radical (unpaired) electrons. The lowest BCUT2D eigenvalue weighted by atomic mass is 9.82. The van der Waals surface area contributed by atoms with E-state index in [-0.39, 0.29) is 22.8 Å². The van der Waals surface area contributed by atoms with E-state index < -0.39 is 0 Å². The number of hydrogen-bond donors (Lipinski definition) is 1. The number of nitrogens with one attached hydrogen (secondary N) is 1. The van der Waals surface area contributed by atoms with E-state index in [0.29, 0.717) is 19.7 Å². The number of amides is 1. The largest absolute Gasteiger partial charge is 0.370 e. The van der Waals surface area contributed by atoms with Crippen LogP contribution in [0.25, 0.3) is 10.6 Å². The lowest BCUT2D eigenvalue weighted by Gasteiger charge is -2.44. The molecule has 5 heterocycles. The third-order valence-electron chi connectivity index (χ3n) is 5.57. The van der Waals surface area contributed by atoms with Crippen molar-refractivity contribution in [2.75, 3.05) is 19.7 Å². The summed E-state index contributed by atoms with van der Waals surface area (Å²) in [5, 5.41) is 0. The predicted octanol–water partition coefficient (Wildman–Crippen LogP) is 1.99. The number of carbonyl (C=O) groups excluding carboxylic acids is 1. The first kappa shape index (κ1) is 18.1. The smallest absolute Gasteiger partial charge is 0.273 e. The van der Waals surface area contributed by atoms with E-state index in [1.807, 2.05) is 0 Å². The van der Waals surface area contributed by atoms with E-state index in [9.17, 15) is 9.59 Å². The second kappa shape index (κ2) is 7.16. The number of nitrogens with zero attached hydrogens (tertiary/aromatic N) is 4. The van der Waals surface area contributed by atoms with Crippen molar-refractivity contribution in [1.82, 2.24) is 24.8 Å². The van der Waals surface area contributed by atoms with Crippen LogP contribution in [-0.4, -0.2) is 50.4 Å². The van der Waals surface area contributed by atoms with Crippen LogP contribution in [0, 0.1) is 0 Å². The third kappa shape index (κ3) is 3.26. The highest BCUT2D eigenvalue weighted by Crippen LogP contribution is 2.46. The summed E-state index contributed by atoms with van der Waals surface area (Å²) in [5.41, 5.74) is 1.67. The van der Waals surface area contributed by atoms with Crippen LogP contribution in [0.1, 0.15) is 33.8 Å². The predicted molar refractivity (Wildman–Crippen MR) is 107 cm³/mol. The topological polar surface area (TPSA) is 101 Å². The maximum absolute atomic E-state index is 12.7. The average molecular weight is 409 g/mol. The van der Waals surface area contributed by atoms with Crippen molar-refractivity contribution in [2.24, 2.45) is 0 Å². The van der Waals surface area contributed by atoms with Crippen LogP contribution in [0.3, 0.4) is 0 Å². The Hall–Kier alpha value is -2.91. The lowest BCUT2D eigenvalue weighted by molar-refractivity contribution is -0.0926. The molecule has 148 valence electrons. The van der Waals surface area contributed by atoms with Crippen molar-refractivity contribution in [3.63, 3.8) is 0 Å². The highest BCUT2D eigenvalue weighted by molar-refractivity contribution is 7.15. The molecule has 1 amide bonds. The van der Waals surface area contributed by atoms with Crippen molar-refractivity contribution in [3.05, 3.63) is 63.5 Å². The Kier molecular flexibility index (Phi) is 4.48.